The van der Waals surface area contributed by atoms with Crippen molar-refractivity contribution >= 4 is 49.1 Å². The third-order valence-corrected chi connectivity index (χ3v) is 4.95. The van der Waals surface area contributed by atoms with Gasteiger partial charge < -0.3 is 10.1 Å². The number of nitrogens with zero attached hydrogens (tertiary/aromatic N) is 1. The first-order valence-corrected chi connectivity index (χ1v) is 8.89. The molecule has 4 nitrogen and oxygen atoms in total. The van der Waals surface area contributed by atoms with Gasteiger partial charge >= 0.3 is 5.97 Å². The number of carbonyl (C=O) groups excluding carboxylic acids is 1. The summed E-state index contributed by atoms with van der Waals surface area (Å²) in [5, 5.41) is 6.56. The molecule has 0 radical (unpaired) electrons. The van der Waals surface area contributed by atoms with Crippen LogP contribution in [0.1, 0.15) is 17.3 Å². The summed E-state index contributed by atoms with van der Waals surface area (Å²) in [6.45, 7) is 2.17. The average Bonchev–Trinajstić information content (AvgIpc) is 3.05. The van der Waals surface area contributed by atoms with Crippen molar-refractivity contribution in [2.45, 2.75) is 6.92 Å². The van der Waals surface area contributed by atoms with E-state index in [2.05, 4.69) is 28.5 Å². The van der Waals surface area contributed by atoms with Gasteiger partial charge in [0.1, 0.15) is 0 Å². The smallest absolute Gasteiger partial charge is 0.338 e. The minimum atomic E-state index is -0.305. The van der Waals surface area contributed by atoms with Gasteiger partial charge in [0.05, 0.1) is 22.4 Å². The summed E-state index contributed by atoms with van der Waals surface area (Å²) in [5.41, 5.74) is 2.41. The van der Waals surface area contributed by atoms with Crippen LogP contribution in [0.25, 0.3) is 21.0 Å². The number of aromatic nitrogens is 1. The lowest BCUT2D eigenvalue weighted by Crippen LogP contribution is -2.04. The van der Waals surface area contributed by atoms with Gasteiger partial charge in [0.15, 0.2) is 5.13 Å². The zero-order valence-corrected chi connectivity index (χ0v) is 14.5. The number of rotatable bonds is 4. The van der Waals surface area contributed by atoms with Crippen molar-refractivity contribution in [1.82, 2.24) is 4.98 Å². The van der Waals surface area contributed by atoms with Crippen LogP contribution in [0.15, 0.2) is 60.7 Å². The first-order chi connectivity index (χ1) is 12.2. The predicted molar refractivity (Wildman–Crippen MR) is 103 cm³/mol. The molecule has 0 bridgehead atoms. The Morgan fingerprint density at radius 1 is 1.08 bits per heavy atom. The van der Waals surface area contributed by atoms with Crippen LogP contribution in [0.2, 0.25) is 0 Å². The molecule has 5 heteroatoms. The summed E-state index contributed by atoms with van der Waals surface area (Å²) >= 11 is 1.63. The highest BCUT2D eigenvalue weighted by atomic mass is 32.1. The normalized spacial score (nSPS) is 10.9. The van der Waals surface area contributed by atoms with Crippen LogP contribution in [0.3, 0.4) is 0 Å². The summed E-state index contributed by atoms with van der Waals surface area (Å²) in [7, 11) is 0. The Balaban J connectivity index is 1.62. The molecule has 1 aromatic heterocycles. The molecule has 0 amide bonds. The molecule has 25 heavy (non-hydrogen) atoms. The van der Waals surface area contributed by atoms with E-state index >= 15 is 0 Å². The number of hydrogen-bond donors (Lipinski definition) is 1. The largest absolute Gasteiger partial charge is 0.462 e. The fourth-order valence-corrected chi connectivity index (χ4v) is 3.76. The van der Waals surface area contributed by atoms with Crippen LogP contribution in [-0.4, -0.2) is 17.6 Å². The van der Waals surface area contributed by atoms with E-state index < -0.39 is 0 Å². The summed E-state index contributed by atoms with van der Waals surface area (Å²) < 4.78 is 6.17. The van der Waals surface area contributed by atoms with Crippen molar-refractivity contribution in [2.24, 2.45) is 0 Å². The van der Waals surface area contributed by atoms with Gasteiger partial charge in [-0.15, -0.1) is 0 Å². The molecular formula is C20H16N2O2S. The van der Waals surface area contributed by atoms with E-state index in [1.807, 2.05) is 30.3 Å². The van der Waals surface area contributed by atoms with Gasteiger partial charge in [-0.05, 0) is 42.6 Å². The fourth-order valence-electron chi connectivity index (χ4n) is 2.74. The standard InChI is InChI=1S/C20H16N2O2S/c1-2-24-19(23)14-7-10-15(11-8-14)21-20-22-17-12-9-13-5-3-4-6-16(13)18(17)25-20/h3-12H,2H2,1H3,(H,21,22). The van der Waals surface area contributed by atoms with Gasteiger partial charge in [-0.25, -0.2) is 9.78 Å². The Kier molecular flexibility index (Phi) is 4.07. The number of benzene rings is 3. The SMILES string of the molecule is CCOC(=O)c1ccc(Nc2nc3ccc4ccccc4c3s2)cc1. The number of fused-ring (bicyclic) bond motifs is 3. The van der Waals surface area contributed by atoms with Crippen molar-refractivity contribution in [3.05, 3.63) is 66.2 Å². The molecule has 124 valence electrons. The Bertz CT molecular complexity index is 1050. The van der Waals surface area contributed by atoms with Gasteiger partial charge in [0.25, 0.3) is 0 Å². The van der Waals surface area contributed by atoms with Crippen LogP contribution in [0, 0.1) is 0 Å². The number of ether oxygens (including phenoxy) is 1. The Morgan fingerprint density at radius 2 is 1.88 bits per heavy atom. The maximum absolute atomic E-state index is 11.7. The maximum atomic E-state index is 11.7. The second-order valence-electron chi connectivity index (χ2n) is 5.58. The number of nitrogens with one attached hydrogen (secondary N) is 1. The van der Waals surface area contributed by atoms with Crippen molar-refractivity contribution < 1.29 is 9.53 Å². The molecule has 0 fully saturated rings. The monoisotopic (exact) mass is 348 g/mol. The van der Waals surface area contributed by atoms with E-state index in [4.69, 9.17) is 4.74 Å². The molecule has 0 unspecified atom stereocenters. The minimum absolute atomic E-state index is 0.305. The third kappa shape index (κ3) is 3.06. The lowest BCUT2D eigenvalue weighted by Gasteiger charge is -2.04. The molecule has 0 atom stereocenters. The second-order valence-corrected chi connectivity index (χ2v) is 6.58. The first-order valence-electron chi connectivity index (χ1n) is 8.07. The van der Waals surface area contributed by atoms with Crippen LogP contribution in [0.5, 0.6) is 0 Å². The molecule has 0 spiro atoms. The molecule has 0 aliphatic heterocycles. The molecular weight excluding hydrogens is 332 g/mol. The van der Waals surface area contributed by atoms with Crippen LogP contribution < -0.4 is 5.32 Å². The molecule has 0 saturated carbocycles. The number of esters is 1. The Morgan fingerprint density at radius 3 is 2.68 bits per heavy atom. The third-order valence-electron chi connectivity index (χ3n) is 3.93. The van der Waals surface area contributed by atoms with Crippen molar-refractivity contribution in [1.29, 1.82) is 0 Å². The molecule has 0 saturated heterocycles. The van der Waals surface area contributed by atoms with Crippen LogP contribution >= 0.6 is 11.3 Å². The summed E-state index contributed by atoms with van der Waals surface area (Å²) in [5.74, 6) is -0.305. The maximum Gasteiger partial charge on any atom is 0.338 e. The number of anilines is 2. The molecule has 1 heterocycles. The van der Waals surface area contributed by atoms with Crippen molar-refractivity contribution in [2.75, 3.05) is 11.9 Å². The van der Waals surface area contributed by atoms with E-state index in [1.54, 1.807) is 30.4 Å². The van der Waals surface area contributed by atoms with E-state index in [-0.39, 0.29) is 5.97 Å². The highest BCUT2D eigenvalue weighted by Crippen LogP contribution is 2.33. The molecule has 0 aliphatic carbocycles. The lowest BCUT2D eigenvalue weighted by molar-refractivity contribution is 0.0526. The summed E-state index contributed by atoms with van der Waals surface area (Å²) in [6, 6.07) is 19.7. The molecule has 4 rings (SSSR count). The van der Waals surface area contributed by atoms with Gasteiger partial charge in [0, 0.05) is 11.1 Å². The molecule has 4 aromatic rings. The van der Waals surface area contributed by atoms with Gasteiger partial charge in [-0.2, -0.15) is 0 Å². The quantitative estimate of drug-likeness (QED) is 0.504. The molecule has 1 N–H and O–H groups in total. The van der Waals surface area contributed by atoms with E-state index in [0.717, 1.165) is 16.3 Å². The van der Waals surface area contributed by atoms with E-state index in [9.17, 15) is 4.79 Å². The molecule has 0 aliphatic rings. The lowest BCUT2D eigenvalue weighted by atomic mass is 10.1. The first kappa shape index (κ1) is 15.6. The minimum Gasteiger partial charge on any atom is -0.462 e. The average molecular weight is 348 g/mol. The van der Waals surface area contributed by atoms with Crippen molar-refractivity contribution in [3.8, 4) is 0 Å². The topological polar surface area (TPSA) is 51.2 Å². The van der Waals surface area contributed by atoms with Gasteiger partial charge in [0.2, 0.25) is 0 Å². The predicted octanol–water partition coefficient (Wildman–Crippen LogP) is 5.37. The Labute approximate surface area is 149 Å². The summed E-state index contributed by atoms with van der Waals surface area (Å²) in [4.78, 5) is 16.4. The van der Waals surface area contributed by atoms with Crippen LogP contribution in [-0.2, 0) is 4.74 Å². The number of carbonyl (C=O) groups is 1. The molecule has 3 aromatic carbocycles. The van der Waals surface area contributed by atoms with Gasteiger partial charge in [-0.1, -0.05) is 41.7 Å². The van der Waals surface area contributed by atoms with Gasteiger partial charge in [-0.3, -0.25) is 0 Å². The fraction of sp³-hybridized carbons (Fsp3) is 0.100. The van der Waals surface area contributed by atoms with E-state index in [1.165, 1.54) is 15.5 Å². The highest BCUT2D eigenvalue weighted by molar-refractivity contribution is 7.23. The zero-order valence-electron chi connectivity index (χ0n) is 13.7. The van der Waals surface area contributed by atoms with Crippen molar-refractivity contribution in [3.63, 3.8) is 0 Å². The zero-order chi connectivity index (χ0) is 17.2. The number of hydrogen-bond acceptors (Lipinski definition) is 5. The van der Waals surface area contributed by atoms with Crippen LogP contribution in [0.4, 0.5) is 10.8 Å². The second kappa shape index (κ2) is 6.53. The summed E-state index contributed by atoms with van der Waals surface area (Å²) in [6.07, 6.45) is 0. The highest BCUT2D eigenvalue weighted by Gasteiger charge is 2.09. The Hall–Kier alpha value is -2.92. The number of thiazole rings is 1. The van der Waals surface area contributed by atoms with E-state index in [0.29, 0.717) is 12.2 Å².